The van der Waals surface area contributed by atoms with Crippen LogP contribution in [0.4, 0.5) is 0 Å². The predicted octanol–water partition coefficient (Wildman–Crippen LogP) is 3.44. The van der Waals surface area contributed by atoms with Crippen molar-refractivity contribution in [1.82, 2.24) is 19.6 Å². The minimum absolute atomic E-state index is 0.0451. The molecule has 1 fully saturated rings. The first-order valence-corrected chi connectivity index (χ1v) is 12.9. The molecule has 8 heteroatoms. The number of amides is 1. The van der Waals surface area contributed by atoms with Crippen LogP contribution >= 0.6 is 0 Å². The number of β-amino-alcohol motifs (C(OH)–C–C–N with tert-alkyl or cyclic N) is 1. The smallest absolute Gasteiger partial charge is 0.219 e. The molecule has 0 radical (unpaired) electrons. The highest BCUT2D eigenvalue weighted by Gasteiger charge is 2.36. The van der Waals surface area contributed by atoms with E-state index in [2.05, 4.69) is 16.1 Å². The first-order valence-electron chi connectivity index (χ1n) is 12.9. The van der Waals surface area contributed by atoms with Gasteiger partial charge in [-0.3, -0.25) is 14.4 Å². The SMILES string of the molecule is CC(=O)N1CCN(Cc2cccc(OCCCn3cc(C)cn3)c2)C[C@@](O)(COc2ccc(C)cc2)C1. The summed E-state index contributed by atoms with van der Waals surface area (Å²) in [6, 6.07) is 15.8. The number of ether oxygens (including phenoxy) is 2. The molecule has 0 spiro atoms. The van der Waals surface area contributed by atoms with Gasteiger partial charge >= 0.3 is 0 Å². The van der Waals surface area contributed by atoms with E-state index in [1.165, 1.54) is 0 Å². The number of carbonyl (C=O) groups excluding carboxylic acids is 1. The van der Waals surface area contributed by atoms with Crippen molar-refractivity contribution in [3.63, 3.8) is 0 Å². The number of aromatic nitrogens is 2. The van der Waals surface area contributed by atoms with Crippen LogP contribution in [0.1, 0.15) is 30.0 Å². The van der Waals surface area contributed by atoms with Gasteiger partial charge in [0.05, 0.1) is 19.3 Å². The quantitative estimate of drug-likeness (QED) is 0.425. The highest BCUT2D eigenvalue weighted by molar-refractivity contribution is 5.73. The number of hydrogen-bond donors (Lipinski definition) is 1. The Morgan fingerprint density at radius 2 is 1.84 bits per heavy atom. The maximum absolute atomic E-state index is 12.2. The van der Waals surface area contributed by atoms with E-state index >= 15 is 0 Å². The Kier molecular flexibility index (Phi) is 8.84. The van der Waals surface area contributed by atoms with Crippen molar-refractivity contribution in [3.05, 3.63) is 77.6 Å². The Morgan fingerprint density at radius 1 is 1.03 bits per heavy atom. The standard InChI is InChI=1S/C29H38N4O4/c1-23-8-10-27(11-9-23)37-22-29(35)20-31(13-14-32(21-29)25(3)34)19-26-6-4-7-28(16-26)36-15-5-12-33-18-24(2)17-30-33/h4,6-11,16-18,35H,5,12-15,19-22H2,1-3H3/t29-/m0/s1. The zero-order valence-electron chi connectivity index (χ0n) is 22.1. The molecule has 3 aromatic rings. The lowest BCUT2D eigenvalue weighted by atomic mass is 10.0. The van der Waals surface area contributed by atoms with E-state index in [-0.39, 0.29) is 19.1 Å². The normalized spacial score (nSPS) is 18.4. The monoisotopic (exact) mass is 506 g/mol. The summed E-state index contributed by atoms with van der Waals surface area (Å²) in [5.41, 5.74) is 2.21. The molecule has 8 nitrogen and oxygen atoms in total. The van der Waals surface area contributed by atoms with Crippen LogP contribution < -0.4 is 9.47 Å². The maximum Gasteiger partial charge on any atom is 0.219 e. The van der Waals surface area contributed by atoms with E-state index in [0.29, 0.717) is 38.5 Å². The van der Waals surface area contributed by atoms with Crippen LogP contribution in [0.5, 0.6) is 11.5 Å². The van der Waals surface area contributed by atoms with Crippen LogP contribution in [0.2, 0.25) is 0 Å². The molecule has 1 aliphatic rings. The van der Waals surface area contributed by atoms with Gasteiger partial charge in [-0.15, -0.1) is 0 Å². The summed E-state index contributed by atoms with van der Waals surface area (Å²) < 4.78 is 13.9. The van der Waals surface area contributed by atoms with Crippen molar-refractivity contribution >= 4 is 5.91 Å². The summed E-state index contributed by atoms with van der Waals surface area (Å²) in [5, 5.41) is 15.8. The molecule has 0 aliphatic carbocycles. The van der Waals surface area contributed by atoms with E-state index in [4.69, 9.17) is 9.47 Å². The number of hydrogen-bond acceptors (Lipinski definition) is 6. The number of nitrogens with zero attached hydrogens (tertiary/aromatic N) is 4. The Bertz CT molecular complexity index is 1160. The number of aliphatic hydroxyl groups is 1. The van der Waals surface area contributed by atoms with Crippen molar-refractivity contribution < 1.29 is 19.4 Å². The van der Waals surface area contributed by atoms with Gasteiger partial charge in [-0.05, 0) is 49.2 Å². The topological polar surface area (TPSA) is 80.1 Å². The van der Waals surface area contributed by atoms with Crippen LogP contribution in [-0.2, 0) is 17.9 Å². The Morgan fingerprint density at radius 3 is 2.57 bits per heavy atom. The Balaban J connectivity index is 1.35. The molecule has 37 heavy (non-hydrogen) atoms. The van der Waals surface area contributed by atoms with Gasteiger partial charge < -0.3 is 19.5 Å². The minimum atomic E-state index is -1.19. The fourth-order valence-electron chi connectivity index (χ4n) is 4.59. The molecular weight excluding hydrogens is 468 g/mol. The molecule has 0 bridgehead atoms. The molecule has 0 saturated carbocycles. The lowest BCUT2D eigenvalue weighted by Gasteiger charge is -2.32. The number of aryl methyl sites for hydroxylation is 3. The van der Waals surface area contributed by atoms with Crippen molar-refractivity contribution in [3.8, 4) is 11.5 Å². The predicted molar refractivity (Wildman–Crippen MR) is 143 cm³/mol. The Hall–Kier alpha value is -3.36. The van der Waals surface area contributed by atoms with Crippen LogP contribution in [0.15, 0.2) is 60.9 Å². The van der Waals surface area contributed by atoms with Crippen molar-refractivity contribution in [2.75, 3.05) is 39.4 Å². The fraction of sp³-hybridized carbons (Fsp3) is 0.448. The van der Waals surface area contributed by atoms with E-state index in [9.17, 15) is 9.90 Å². The van der Waals surface area contributed by atoms with Crippen molar-refractivity contribution in [2.24, 2.45) is 0 Å². The number of carbonyl (C=O) groups is 1. The molecule has 1 amide bonds. The molecule has 4 rings (SSSR count). The third kappa shape index (κ3) is 8.06. The average molecular weight is 507 g/mol. The molecule has 1 aromatic heterocycles. The van der Waals surface area contributed by atoms with E-state index in [1.807, 2.05) is 73.4 Å². The lowest BCUT2D eigenvalue weighted by molar-refractivity contribution is -0.132. The molecular formula is C29H38N4O4. The highest BCUT2D eigenvalue weighted by atomic mass is 16.5. The van der Waals surface area contributed by atoms with Gasteiger partial charge in [0.25, 0.3) is 0 Å². The number of rotatable bonds is 10. The van der Waals surface area contributed by atoms with Crippen molar-refractivity contribution in [1.29, 1.82) is 0 Å². The molecule has 1 aliphatic heterocycles. The van der Waals surface area contributed by atoms with Crippen LogP contribution in [0, 0.1) is 13.8 Å². The average Bonchev–Trinajstić information content (AvgIpc) is 3.20. The first kappa shape index (κ1) is 26.7. The van der Waals surface area contributed by atoms with Crippen LogP contribution in [-0.4, -0.2) is 75.6 Å². The van der Waals surface area contributed by atoms with Gasteiger partial charge in [0.15, 0.2) is 0 Å². The number of benzene rings is 2. The summed E-state index contributed by atoms with van der Waals surface area (Å²) in [7, 11) is 0. The highest BCUT2D eigenvalue weighted by Crippen LogP contribution is 2.21. The molecule has 1 N–H and O–H groups in total. The van der Waals surface area contributed by atoms with E-state index in [1.54, 1.807) is 11.8 Å². The molecule has 2 heterocycles. The molecule has 198 valence electrons. The maximum atomic E-state index is 12.2. The lowest BCUT2D eigenvalue weighted by Crippen LogP contribution is -2.51. The van der Waals surface area contributed by atoms with Gasteiger partial charge in [-0.1, -0.05) is 29.8 Å². The molecule has 2 aromatic carbocycles. The molecule has 1 saturated heterocycles. The summed E-state index contributed by atoms with van der Waals surface area (Å²) in [4.78, 5) is 16.1. The van der Waals surface area contributed by atoms with Crippen LogP contribution in [0.3, 0.4) is 0 Å². The fourth-order valence-corrected chi connectivity index (χ4v) is 4.59. The molecule has 1 atom stereocenters. The van der Waals surface area contributed by atoms with E-state index < -0.39 is 5.60 Å². The van der Waals surface area contributed by atoms with Crippen LogP contribution in [0.25, 0.3) is 0 Å². The van der Waals surface area contributed by atoms with E-state index in [0.717, 1.165) is 35.4 Å². The summed E-state index contributed by atoms with van der Waals surface area (Å²) >= 11 is 0. The zero-order valence-corrected chi connectivity index (χ0v) is 22.1. The van der Waals surface area contributed by atoms with Crippen molar-refractivity contribution in [2.45, 2.75) is 45.9 Å². The second kappa shape index (κ2) is 12.3. The van der Waals surface area contributed by atoms with Gasteiger partial charge in [0.1, 0.15) is 23.7 Å². The second-order valence-electron chi connectivity index (χ2n) is 10.1. The van der Waals surface area contributed by atoms with Gasteiger partial charge in [0.2, 0.25) is 5.91 Å². The van der Waals surface area contributed by atoms with Gasteiger partial charge in [0, 0.05) is 52.3 Å². The first-order chi connectivity index (χ1) is 17.8. The molecule has 0 unspecified atom stereocenters. The van der Waals surface area contributed by atoms with Gasteiger partial charge in [-0.2, -0.15) is 5.10 Å². The third-order valence-electron chi connectivity index (χ3n) is 6.53. The zero-order chi connectivity index (χ0) is 26.3. The minimum Gasteiger partial charge on any atom is -0.494 e. The van der Waals surface area contributed by atoms with Gasteiger partial charge in [-0.25, -0.2) is 0 Å². The Labute approximate surface area is 219 Å². The largest absolute Gasteiger partial charge is 0.494 e. The third-order valence-corrected chi connectivity index (χ3v) is 6.53. The summed E-state index contributed by atoms with van der Waals surface area (Å²) in [6.07, 6.45) is 4.76. The summed E-state index contributed by atoms with van der Waals surface area (Å²) in [5.74, 6) is 1.49. The second-order valence-corrected chi connectivity index (χ2v) is 10.1. The summed E-state index contributed by atoms with van der Waals surface area (Å²) in [6.45, 7) is 9.64.